The zero-order valence-electron chi connectivity index (χ0n) is 16.2. The first-order valence-corrected chi connectivity index (χ1v) is 11.2. The van der Waals surface area contributed by atoms with Crippen LogP contribution < -0.4 is 5.32 Å². The third kappa shape index (κ3) is 4.93. The molecule has 2 aromatic rings. The summed E-state index contributed by atoms with van der Waals surface area (Å²) in [5.74, 6) is 1.08. The molecule has 0 radical (unpaired) electrons. The number of carbonyl (C=O) groups is 1. The maximum atomic E-state index is 12.9. The zero-order chi connectivity index (χ0) is 19.2. The third-order valence-corrected chi connectivity index (χ3v) is 6.80. The number of rotatable bonds is 6. The summed E-state index contributed by atoms with van der Waals surface area (Å²) in [6.45, 7) is 4.74. The van der Waals surface area contributed by atoms with Crippen molar-refractivity contribution in [1.82, 2.24) is 20.1 Å². The molecule has 1 amide bonds. The van der Waals surface area contributed by atoms with Gasteiger partial charge in [-0.2, -0.15) is 0 Å². The van der Waals surface area contributed by atoms with Crippen LogP contribution in [0.4, 0.5) is 0 Å². The highest BCUT2D eigenvalue weighted by atomic mass is 32.2. The van der Waals surface area contributed by atoms with Crippen LogP contribution in [-0.4, -0.2) is 65.2 Å². The molecule has 2 aliphatic heterocycles. The molecule has 2 saturated heterocycles. The predicted molar refractivity (Wildman–Crippen MR) is 114 cm³/mol. The first kappa shape index (κ1) is 19.4. The van der Waals surface area contributed by atoms with Gasteiger partial charge in [-0.15, -0.1) is 11.8 Å². The monoisotopic (exact) mass is 396 g/mol. The fraction of sp³-hybridized carbons (Fsp3) is 0.455. The second-order valence-electron chi connectivity index (χ2n) is 7.48. The lowest BCUT2D eigenvalue weighted by Crippen LogP contribution is -2.53. The average Bonchev–Trinajstić information content (AvgIpc) is 3.25. The van der Waals surface area contributed by atoms with Gasteiger partial charge in [-0.25, -0.2) is 0 Å². The number of pyridine rings is 1. The number of hydrogen-bond acceptors (Lipinski definition) is 5. The predicted octanol–water partition coefficient (Wildman–Crippen LogP) is 2.56. The van der Waals surface area contributed by atoms with E-state index in [1.807, 2.05) is 17.2 Å². The molecule has 2 atom stereocenters. The van der Waals surface area contributed by atoms with Crippen LogP contribution >= 0.6 is 11.8 Å². The summed E-state index contributed by atoms with van der Waals surface area (Å²) in [5.41, 5.74) is 2.55. The minimum Gasteiger partial charge on any atom is -0.339 e. The molecule has 5 nitrogen and oxygen atoms in total. The Kier molecular flexibility index (Phi) is 6.62. The number of aromatic nitrogens is 1. The second-order valence-corrected chi connectivity index (χ2v) is 8.61. The van der Waals surface area contributed by atoms with Gasteiger partial charge in [0.1, 0.15) is 0 Å². The van der Waals surface area contributed by atoms with E-state index >= 15 is 0 Å². The van der Waals surface area contributed by atoms with Gasteiger partial charge >= 0.3 is 0 Å². The van der Waals surface area contributed by atoms with Crippen molar-refractivity contribution in [3.8, 4) is 0 Å². The van der Waals surface area contributed by atoms with Gasteiger partial charge in [0.2, 0.25) is 5.91 Å². The quantitative estimate of drug-likeness (QED) is 0.813. The summed E-state index contributed by atoms with van der Waals surface area (Å²) >= 11 is 1.80. The van der Waals surface area contributed by atoms with Crippen molar-refractivity contribution in [3.05, 3.63) is 66.0 Å². The van der Waals surface area contributed by atoms with Crippen molar-refractivity contribution in [2.24, 2.45) is 0 Å². The maximum Gasteiger partial charge on any atom is 0.240 e. The molecule has 0 bridgehead atoms. The van der Waals surface area contributed by atoms with E-state index in [-0.39, 0.29) is 17.3 Å². The smallest absolute Gasteiger partial charge is 0.240 e. The Morgan fingerprint density at radius 2 is 1.93 bits per heavy atom. The Labute approximate surface area is 171 Å². The number of amides is 1. The van der Waals surface area contributed by atoms with E-state index in [4.69, 9.17) is 0 Å². The first-order chi connectivity index (χ1) is 13.8. The molecule has 0 spiro atoms. The minimum atomic E-state index is -0.0835. The van der Waals surface area contributed by atoms with Crippen LogP contribution in [0, 0.1) is 0 Å². The molecule has 0 aliphatic carbocycles. The normalized spacial score (nSPS) is 23.1. The van der Waals surface area contributed by atoms with E-state index in [0.29, 0.717) is 0 Å². The molecule has 1 aromatic carbocycles. The fourth-order valence-electron chi connectivity index (χ4n) is 3.90. The SMILES string of the molecule is O=C([C@@H]1CSC(c2cccnc2)N1)N1CCN(CCCc2ccccc2)CC1. The number of nitrogens with zero attached hydrogens (tertiary/aromatic N) is 3. The third-order valence-electron chi connectivity index (χ3n) is 5.53. The summed E-state index contributed by atoms with van der Waals surface area (Å²) < 4.78 is 0. The highest BCUT2D eigenvalue weighted by Gasteiger charge is 2.34. The van der Waals surface area contributed by atoms with E-state index in [1.54, 1.807) is 18.0 Å². The van der Waals surface area contributed by atoms with E-state index in [0.717, 1.165) is 50.5 Å². The molecule has 4 rings (SSSR count). The van der Waals surface area contributed by atoms with Crippen LogP contribution in [0.25, 0.3) is 0 Å². The van der Waals surface area contributed by atoms with Gasteiger partial charge < -0.3 is 4.90 Å². The number of aryl methyl sites for hydroxylation is 1. The van der Waals surface area contributed by atoms with Crippen LogP contribution in [0.2, 0.25) is 0 Å². The van der Waals surface area contributed by atoms with Crippen molar-refractivity contribution < 1.29 is 4.79 Å². The van der Waals surface area contributed by atoms with Crippen LogP contribution in [0.1, 0.15) is 22.9 Å². The lowest BCUT2D eigenvalue weighted by atomic mass is 10.1. The van der Waals surface area contributed by atoms with Crippen molar-refractivity contribution in [2.45, 2.75) is 24.3 Å². The number of carbonyl (C=O) groups excluding carboxylic acids is 1. The van der Waals surface area contributed by atoms with Crippen LogP contribution in [0.3, 0.4) is 0 Å². The van der Waals surface area contributed by atoms with Gasteiger partial charge in [0.05, 0.1) is 11.4 Å². The summed E-state index contributed by atoms with van der Waals surface area (Å²) in [6.07, 6.45) is 5.96. The Bertz CT molecular complexity index is 750. The molecule has 2 aliphatic rings. The molecule has 148 valence electrons. The zero-order valence-corrected chi connectivity index (χ0v) is 17.0. The number of nitrogens with one attached hydrogen (secondary N) is 1. The summed E-state index contributed by atoms with van der Waals surface area (Å²) in [7, 11) is 0. The molecule has 0 saturated carbocycles. The molecular formula is C22H28N4OS. The topological polar surface area (TPSA) is 48.5 Å². The summed E-state index contributed by atoms with van der Waals surface area (Å²) in [5, 5.41) is 3.65. The summed E-state index contributed by atoms with van der Waals surface area (Å²) in [6, 6.07) is 14.6. The minimum absolute atomic E-state index is 0.0835. The van der Waals surface area contributed by atoms with Crippen LogP contribution in [0.15, 0.2) is 54.9 Å². The van der Waals surface area contributed by atoms with Gasteiger partial charge in [-0.3, -0.25) is 20.0 Å². The highest BCUT2D eigenvalue weighted by Crippen LogP contribution is 2.32. The Balaban J connectivity index is 1.19. The first-order valence-electron chi connectivity index (χ1n) is 10.1. The fourth-order valence-corrected chi connectivity index (χ4v) is 5.12. The van der Waals surface area contributed by atoms with Crippen molar-refractivity contribution in [3.63, 3.8) is 0 Å². The average molecular weight is 397 g/mol. The van der Waals surface area contributed by atoms with Crippen molar-refractivity contribution >= 4 is 17.7 Å². The van der Waals surface area contributed by atoms with E-state index in [2.05, 4.69) is 51.6 Å². The number of thioether (sulfide) groups is 1. The number of benzene rings is 1. The van der Waals surface area contributed by atoms with Crippen molar-refractivity contribution in [2.75, 3.05) is 38.5 Å². The molecule has 1 aromatic heterocycles. The van der Waals surface area contributed by atoms with Gasteiger partial charge in [0.25, 0.3) is 0 Å². The Hall–Kier alpha value is -1.89. The number of hydrogen-bond donors (Lipinski definition) is 1. The van der Waals surface area contributed by atoms with E-state index in [9.17, 15) is 4.79 Å². The maximum absolute atomic E-state index is 12.9. The lowest BCUT2D eigenvalue weighted by Gasteiger charge is -2.36. The molecule has 6 heteroatoms. The standard InChI is InChI=1S/C22H28N4OS/c27-22(20-17-28-21(24-20)19-9-4-10-23-16-19)26-14-12-25(13-15-26)11-5-8-18-6-2-1-3-7-18/h1-4,6-7,9-10,16,20-21,24H,5,8,11-15,17H2/t20-,21?/m0/s1. The highest BCUT2D eigenvalue weighted by molar-refractivity contribution is 7.99. The molecular weight excluding hydrogens is 368 g/mol. The molecule has 28 heavy (non-hydrogen) atoms. The molecule has 1 unspecified atom stereocenters. The lowest BCUT2D eigenvalue weighted by molar-refractivity contribution is -0.134. The molecule has 3 heterocycles. The Morgan fingerprint density at radius 3 is 2.68 bits per heavy atom. The van der Waals surface area contributed by atoms with Gasteiger partial charge in [-0.05, 0) is 36.6 Å². The Morgan fingerprint density at radius 1 is 1.11 bits per heavy atom. The van der Waals surface area contributed by atoms with E-state index < -0.39 is 0 Å². The second kappa shape index (κ2) is 9.54. The van der Waals surface area contributed by atoms with Gasteiger partial charge in [-0.1, -0.05) is 36.4 Å². The van der Waals surface area contributed by atoms with Gasteiger partial charge in [0, 0.05) is 44.3 Å². The molecule has 2 fully saturated rings. The van der Waals surface area contributed by atoms with Crippen molar-refractivity contribution in [1.29, 1.82) is 0 Å². The number of piperazine rings is 1. The van der Waals surface area contributed by atoms with Crippen LogP contribution in [0.5, 0.6) is 0 Å². The summed E-state index contributed by atoms with van der Waals surface area (Å²) in [4.78, 5) is 21.6. The van der Waals surface area contributed by atoms with Gasteiger partial charge in [0.15, 0.2) is 0 Å². The largest absolute Gasteiger partial charge is 0.339 e. The molecule has 1 N–H and O–H groups in total. The van der Waals surface area contributed by atoms with E-state index in [1.165, 1.54) is 12.0 Å². The van der Waals surface area contributed by atoms with Crippen LogP contribution in [-0.2, 0) is 11.2 Å².